The van der Waals surface area contributed by atoms with Gasteiger partial charge < -0.3 is 15.0 Å². The fourth-order valence-corrected chi connectivity index (χ4v) is 6.62. The number of H-pyrrole nitrogens is 1. The number of nitrogens with one attached hydrogen (secondary N) is 1. The molecule has 1 aliphatic heterocycles. The molecule has 0 bridgehead atoms. The third-order valence-electron chi connectivity index (χ3n) is 6.61. The van der Waals surface area contributed by atoms with E-state index >= 15 is 0 Å². The van der Waals surface area contributed by atoms with Crippen LogP contribution in [0.2, 0.25) is 5.02 Å². The molecule has 1 atom stereocenters. The van der Waals surface area contributed by atoms with Crippen molar-refractivity contribution in [1.29, 1.82) is 0 Å². The summed E-state index contributed by atoms with van der Waals surface area (Å²) in [5, 5.41) is 15.0. The molecule has 36 heavy (non-hydrogen) atoms. The van der Waals surface area contributed by atoms with Crippen LogP contribution < -0.4 is 4.90 Å². The number of aliphatic hydroxyl groups is 1. The van der Waals surface area contributed by atoms with E-state index in [0.717, 1.165) is 70.2 Å². The van der Waals surface area contributed by atoms with Crippen molar-refractivity contribution < 1.29 is 5.11 Å². The van der Waals surface area contributed by atoms with Gasteiger partial charge in [0, 0.05) is 47.1 Å². The molecule has 2 N–H and O–H groups in total. The molecule has 0 radical (unpaired) electrons. The van der Waals surface area contributed by atoms with E-state index in [2.05, 4.69) is 31.8 Å². The van der Waals surface area contributed by atoms with Crippen LogP contribution >= 0.6 is 34.7 Å². The lowest BCUT2D eigenvalue weighted by atomic mass is 9.90. The highest BCUT2D eigenvalue weighted by Gasteiger charge is 2.29. The first-order valence-electron chi connectivity index (χ1n) is 11.9. The molecule has 8 nitrogen and oxygen atoms in total. The Bertz CT molecular complexity index is 1520. The van der Waals surface area contributed by atoms with Gasteiger partial charge >= 0.3 is 0 Å². The number of rotatable bonds is 6. The van der Waals surface area contributed by atoms with E-state index < -0.39 is 6.10 Å². The minimum absolute atomic E-state index is 0.226. The molecule has 0 amide bonds. The highest BCUT2D eigenvalue weighted by atomic mass is 35.5. The minimum atomic E-state index is -0.422. The molecule has 5 aromatic rings. The number of aromatic amines is 1. The third kappa shape index (κ3) is 4.43. The second kappa shape index (κ2) is 9.93. The zero-order valence-electron chi connectivity index (χ0n) is 19.6. The van der Waals surface area contributed by atoms with Crippen LogP contribution in [-0.2, 0) is 6.42 Å². The van der Waals surface area contributed by atoms with Gasteiger partial charge in [0.1, 0.15) is 17.0 Å². The van der Waals surface area contributed by atoms with Gasteiger partial charge in [0.2, 0.25) is 0 Å². The number of nitrogens with zero attached hydrogens (tertiary/aromatic N) is 6. The van der Waals surface area contributed by atoms with Crippen molar-refractivity contribution in [2.75, 3.05) is 18.0 Å². The molecule has 0 saturated carbocycles. The molecular formula is C25H24ClN7OS2. The standard InChI is InChI=1S/C25H24ClN7OS2/c1-2-16-20(26)19-23(30-16)31-25(36-15-12-17-22(29-13-15)28-8-7-27-17)32-24(19)33-9-5-14(6-10-33)21(34)18-4-3-11-35-18/h3-4,7-8,11-14,21,34H,2,5-6,9-10H2,1H3,(H,30,31,32). The Morgan fingerprint density at radius 2 is 2.06 bits per heavy atom. The first-order chi connectivity index (χ1) is 17.6. The fraction of sp³-hybridized carbons (Fsp3) is 0.320. The molecule has 0 aromatic carbocycles. The molecule has 1 aliphatic rings. The number of halogens is 1. The van der Waals surface area contributed by atoms with Gasteiger partial charge in [0.15, 0.2) is 10.8 Å². The molecule has 0 spiro atoms. The zero-order valence-corrected chi connectivity index (χ0v) is 21.9. The summed E-state index contributed by atoms with van der Waals surface area (Å²) in [7, 11) is 0. The van der Waals surface area contributed by atoms with Crippen LogP contribution in [0, 0.1) is 5.92 Å². The van der Waals surface area contributed by atoms with Gasteiger partial charge in [-0.15, -0.1) is 11.3 Å². The average Bonchev–Trinajstić information content (AvgIpc) is 3.56. The topological polar surface area (TPSA) is 104 Å². The Morgan fingerprint density at radius 1 is 1.22 bits per heavy atom. The maximum Gasteiger partial charge on any atom is 0.196 e. The lowest BCUT2D eigenvalue weighted by molar-refractivity contribution is 0.0961. The molecule has 184 valence electrons. The molecule has 6 rings (SSSR count). The Kier molecular flexibility index (Phi) is 6.51. The van der Waals surface area contributed by atoms with Crippen molar-refractivity contribution in [2.45, 2.75) is 42.3 Å². The number of aliphatic hydroxyl groups excluding tert-OH is 1. The normalized spacial score (nSPS) is 15.7. The van der Waals surface area contributed by atoms with Crippen molar-refractivity contribution in [3.05, 3.63) is 57.8 Å². The van der Waals surface area contributed by atoms with E-state index in [-0.39, 0.29) is 5.92 Å². The molecule has 1 fully saturated rings. The Balaban J connectivity index is 1.32. The van der Waals surface area contributed by atoms with Gasteiger partial charge in [-0.25, -0.2) is 19.9 Å². The molecule has 0 aliphatic carbocycles. The van der Waals surface area contributed by atoms with Gasteiger partial charge in [-0.3, -0.25) is 4.98 Å². The van der Waals surface area contributed by atoms with Gasteiger partial charge in [0.25, 0.3) is 0 Å². The molecule has 6 heterocycles. The number of hydrogen-bond acceptors (Lipinski definition) is 9. The van der Waals surface area contributed by atoms with Crippen LogP contribution in [0.15, 0.2) is 52.2 Å². The van der Waals surface area contributed by atoms with Crippen LogP contribution in [0.1, 0.15) is 36.4 Å². The summed E-state index contributed by atoms with van der Waals surface area (Å²) in [6, 6.07) is 5.95. The quantitative estimate of drug-likeness (QED) is 0.267. The summed E-state index contributed by atoms with van der Waals surface area (Å²) in [6.07, 6.45) is 7.17. The summed E-state index contributed by atoms with van der Waals surface area (Å²) < 4.78 is 0. The Labute approximate surface area is 221 Å². The van der Waals surface area contributed by atoms with Gasteiger partial charge in [0.05, 0.1) is 16.5 Å². The van der Waals surface area contributed by atoms with Crippen LogP contribution in [0.3, 0.4) is 0 Å². The second-order valence-corrected chi connectivity index (χ2v) is 11.2. The second-order valence-electron chi connectivity index (χ2n) is 8.78. The van der Waals surface area contributed by atoms with E-state index in [4.69, 9.17) is 21.6 Å². The van der Waals surface area contributed by atoms with Crippen molar-refractivity contribution >= 4 is 62.7 Å². The Morgan fingerprint density at radius 3 is 2.83 bits per heavy atom. The predicted molar refractivity (Wildman–Crippen MR) is 144 cm³/mol. The van der Waals surface area contributed by atoms with Crippen LogP contribution in [-0.4, -0.2) is 48.1 Å². The van der Waals surface area contributed by atoms with Crippen LogP contribution in [0.5, 0.6) is 0 Å². The van der Waals surface area contributed by atoms with Crippen molar-refractivity contribution in [2.24, 2.45) is 5.92 Å². The smallest absolute Gasteiger partial charge is 0.196 e. The minimum Gasteiger partial charge on any atom is -0.387 e. The number of aromatic nitrogens is 6. The SMILES string of the molecule is CCc1[nH]c2nc(Sc3cnc4nccnc4c3)nc(N3CCC(C(O)c4cccs4)CC3)c2c1Cl. The summed E-state index contributed by atoms with van der Waals surface area (Å²) in [5.74, 6) is 1.06. The monoisotopic (exact) mass is 537 g/mol. The van der Waals surface area contributed by atoms with Crippen molar-refractivity contribution in [3.63, 3.8) is 0 Å². The Hall–Kier alpha value is -2.79. The molecule has 1 saturated heterocycles. The summed E-state index contributed by atoms with van der Waals surface area (Å²) in [5.41, 5.74) is 3.02. The van der Waals surface area contributed by atoms with Crippen LogP contribution in [0.4, 0.5) is 5.82 Å². The largest absolute Gasteiger partial charge is 0.387 e. The lowest BCUT2D eigenvalue weighted by Gasteiger charge is -2.35. The summed E-state index contributed by atoms with van der Waals surface area (Å²) in [4.78, 5) is 30.4. The number of aryl methyl sites for hydroxylation is 1. The highest BCUT2D eigenvalue weighted by molar-refractivity contribution is 7.99. The van der Waals surface area contributed by atoms with Gasteiger partial charge in [-0.05, 0) is 54.5 Å². The molecular weight excluding hydrogens is 514 g/mol. The van der Waals surface area contributed by atoms with E-state index in [1.54, 1.807) is 29.9 Å². The van der Waals surface area contributed by atoms with E-state index in [0.29, 0.717) is 15.8 Å². The molecule has 1 unspecified atom stereocenters. The lowest BCUT2D eigenvalue weighted by Crippen LogP contribution is -2.36. The van der Waals surface area contributed by atoms with Crippen molar-refractivity contribution in [1.82, 2.24) is 29.9 Å². The maximum absolute atomic E-state index is 10.8. The van der Waals surface area contributed by atoms with E-state index in [1.807, 2.05) is 23.6 Å². The van der Waals surface area contributed by atoms with Crippen molar-refractivity contribution in [3.8, 4) is 0 Å². The molecule has 11 heteroatoms. The van der Waals surface area contributed by atoms with Crippen LogP contribution in [0.25, 0.3) is 22.2 Å². The third-order valence-corrected chi connectivity index (χ3v) is 8.79. The first-order valence-corrected chi connectivity index (χ1v) is 14.0. The average molecular weight is 538 g/mol. The summed E-state index contributed by atoms with van der Waals surface area (Å²) in [6.45, 7) is 3.65. The summed E-state index contributed by atoms with van der Waals surface area (Å²) >= 11 is 9.85. The van der Waals surface area contributed by atoms with E-state index in [1.165, 1.54) is 11.8 Å². The highest BCUT2D eigenvalue weighted by Crippen LogP contribution is 2.39. The first kappa shape index (κ1) is 23.6. The number of fused-ring (bicyclic) bond motifs is 2. The van der Waals surface area contributed by atoms with E-state index in [9.17, 15) is 5.11 Å². The predicted octanol–water partition coefficient (Wildman–Crippen LogP) is 5.67. The number of pyridine rings is 1. The zero-order chi connectivity index (χ0) is 24.6. The number of hydrogen-bond donors (Lipinski definition) is 2. The fourth-order valence-electron chi connectivity index (χ4n) is 4.71. The number of thiophene rings is 1. The van der Waals surface area contributed by atoms with Gasteiger partial charge in [-0.2, -0.15) is 0 Å². The maximum atomic E-state index is 10.8. The number of piperidine rings is 1. The number of anilines is 1. The van der Waals surface area contributed by atoms with Gasteiger partial charge in [-0.1, -0.05) is 24.6 Å². The molecule has 5 aromatic heterocycles.